The van der Waals surface area contributed by atoms with Crippen LogP contribution in [0.5, 0.6) is 0 Å². The third-order valence-electron chi connectivity index (χ3n) is 4.93. The molecule has 0 saturated heterocycles. The van der Waals surface area contributed by atoms with Crippen molar-refractivity contribution in [3.8, 4) is 33.8 Å². The smallest absolute Gasteiger partial charge is 0.212 e. The number of hydrogen-bond donors (Lipinski definition) is 2. The van der Waals surface area contributed by atoms with E-state index in [4.69, 9.17) is 20.3 Å². The van der Waals surface area contributed by atoms with Crippen molar-refractivity contribution in [1.29, 1.82) is 0 Å². The molecule has 4 N–H and O–H groups in total. The molecule has 0 spiro atoms. The topological polar surface area (TPSA) is 104 Å². The highest BCUT2D eigenvalue weighted by Crippen LogP contribution is 2.29. The number of oxazole rings is 2. The normalized spacial score (nSPS) is 12.4. The van der Waals surface area contributed by atoms with E-state index in [2.05, 4.69) is 34.2 Å². The highest BCUT2D eigenvalue weighted by Gasteiger charge is 2.17. The van der Waals surface area contributed by atoms with E-state index in [0.717, 1.165) is 28.0 Å². The first-order valence-electron chi connectivity index (χ1n) is 9.62. The lowest BCUT2D eigenvalue weighted by molar-refractivity contribution is 0.394. The maximum Gasteiger partial charge on any atom is 0.212 e. The van der Waals surface area contributed by atoms with Crippen LogP contribution in [0, 0.1) is 5.92 Å². The summed E-state index contributed by atoms with van der Waals surface area (Å²) in [6.45, 7) is 4.39. The fourth-order valence-corrected chi connectivity index (χ4v) is 3.05. The van der Waals surface area contributed by atoms with Gasteiger partial charge in [0, 0.05) is 11.1 Å². The molecule has 6 heteroatoms. The molecule has 1 unspecified atom stereocenters. The summed E-state index contributed by atoms with van der Waals surface area (Å²) < 4.78 is 11.5. The molecule has 4 rings (SSSR count). The van der Waals surface area contributed by atoms with Crippen molar-refractivity contribution in [3.05, 3.63) is 72.7 Å². The molecular weight excluding hydrogens is 364 g/mol. The van der Waals surface area contributed by atoms with Crippen LogP contribution in [0.4, 0.5) is 0 Å². The summed E-state index contributed by atoms with van der Waals surface area (Å²) in [5.41, 5.74) is 15.8. The van der Waals surface area contributed by atoms with E-state index >= 15 is 0 Å². The molecule has 1 atom stereocenters. The van der Waals surface area contributed by atoms with Gasteiger partial charge in [0.05, 0.1) is 25.0 Å². The van der Waals surface area contributed by atoms with E-state index in [-0.39, 0.29) is 12.0 Å². The standard InChI is InChI=1S/C23H24N4O2/c1-14(2)22(25)23-27-13-20(29-23)18-9-5-16(6-10-18)15-3-7-17(8-4-15)19-12-26-21(11-24)28-19/h3-10,12-14,22H,11,24-25H2,1-2H3. The maximum atomic E-state index is 6.12. The quantitative estimate of drug-likeness (QED) is 0.493. The molecule has 2 aromatic heterocycles. The molecule has 0 amide bonds. The van der Waals surface area contributed by atoms with Crippen LogP contribution in [-0.4, -0.2) is 9.97 Å². The summed E-state index contributed by atoms with van der Waals surface area (Å²) >= 11 is 0. The van der Waals surface area contributed by atoms with Crippen LogP contribution in [0.15, 0.2) is 69.8 Å². The fourth-order valence-electron chi connectivity index (χ4n) is 3.05. The minimum Gasteiger partial charge on any atom is -0.439 e. The summed E-state index contributed by atoms with van der Waals surface area (Å²) in [6, 6.07) is 16.1. The predicted octanol–water partition coefficient (Wildman–Crippen LogP) is 4.78. The van der Waals surface area contributed by atoms with Crippen LogP contribution in [0.3, 0.4) is 0 Å². The van der Waals surface area contributed by atoms with Crippen LogP contribution in [0.25, 0.3) is 33.8 Å². The van der Waals surface area contributed by atoms with Gasteiger partial charge < -0.3 is 20.3 Å². The third-order valence-corrected chi connectivity index (χ3v) is 4.93. The van der Waals surface area contributed by atoms with Crippen molar-refractivity contribution in [2.24, 2.45) is 17.4 Å². The Kier molecular flexibility index (Phi) is 5.29. The predicted molar refractivity (Wildman–Crippen MR) is 113 cm³/mol. The number of rotatable bonds is 6. The zero-order chi connectivity index (χ0) is 20.4. The van der Waals surface area contributed by atoms with E-state index in [1.165, 1.54) is 0 Å². The Morgan fingerprint density at radius 3 is 1.72 bits per heavy atom. The monoisotopic (exact) mass is 388 g/mol. The Morgan fingerprint density at radius 1 is 0.759 bits per heavy atom. The molecular formula is C23H24N4O2. The summed E-state index contributed by atoms with van der Waals surface area (Å²) in [7, 11) is 0. The van der Waals surface area contributed by atoms with Crippen LogP contribution in [0.1, 0.15) is 31.7 Å². The summed E-state index contributed by atoms with van der Waals surface area (Å²) in [4.78, 5) is 8.47. The fraction of sp³-hybridized carbons (Fsp3) is 0.217. The van der Waals surface area contributed by atoms with Gasteiger partial charge in [0.25, 0.3) is 0 Å². The molecule has 148 valence electrons. The highest BCUT2D eigenvalue weighted by atomic mass is 16.4. The number of aromatic nitrogens is 2. The van der Waals surface area contributed by atoms with Gasteiger partial charge in [-0.25, -0.2) is 9.97 Å². The first kappa shape index (κ1) is 19.1. The molecule has 0 saturated carbocycles. The van der Waals surface area contributed by atoms with Gasteiger partial charge in [-0.2, -0.15) is 0 Å². The average Bonchev–Trinajstić information content (AvgIpc) is 3.43. The Morgan fingerprint density at radius 2 is 1.24 bits per heavy atom. The van der Waals surface area contributed by atoms with Crippen LogP contribution >= 0.6 is 0 Å². The van der Waals surface area contributed by atoms with Gasteiger partial charge in [0.1, 0.15) is 0 Å². The Balaban J connectivity index is 1.52. The number of nitrogens with zero attached hydrogens (tertiary/aromatic N) is 2. The molecule has 4 aromatic rings. The van der Waals surface area contributed by atoms with Gasteiger partial charge in [-0.05, 0) is 17.0 Å². The molecule has 0 aliphatic carbocycles. The van der Waals surface area contributed by atoms with E-state index in [1.54, 1.807) is 12.4 Å². The molecule has 2 heterocycles. The lowest BCUT2D eigenvalue weighted by Crippen LogP contribution is -2.16. The SMILES string of the molecule is CC(C)C(N)c1ncc(-c2ccc(-c3ccc(-c4cnc(CN)o4)cc3)cc2)o1. The van der Waals surface area contributed by atoms with Crippen LogP contribution in [0.2, 0.25) is 0 Å². The van der Waals surface area contributed by atoms with Gasteiger partial charge in [0.2, 0.25) is 11.8 Å². The van der Waals surface area contributed by atoms with Gasteiger partial charge in [-0.15, -0.1) is 0 Å². The first-order chi connectivity index (χ1) is 14.0. The van der Waals surface area contributed by atoms with Crippen molar-refractivity contribution in [3.63, 3.8) is 0 Å². The van der Waals surface area contributed by atoms with Gasteiger partial charge in [0.15, 0.2) is 11.5 Å². The largest absolute Gasteiger partial charge is 0.439 e. The molecule has 2 aromatic carbocycles. The van der Waals surface area contributed by atoms with Crippen LogP contribution in [-0.2, 0) is 6.54 Å². The van der Waals surface area contributed by atoms with E-state index in [9.17, 15) is 0 Å². The maximum absolute atomic E-state index is 6.12. The second kappa shape index (κ2) is 8.03. The molecule has 0 aliphatic rings. The Labute approximate surface area is 169 Å². The van der Waals surface area contributed by atoms with E-state index in [0.29, 0.717) is 24.1 Å². The number of benzene rings is 2. The molecule has 0 radical (unpaired) electrons. The lowest BCUT2D eigenvalue weighted by atomic mass is 10.0. The van der Waals surface area contributed by atoms with Crippen LogP contribution < -0.4 is 11.5 Å². The number of hydrogen-bond acceptors (Lipinski definition) is 6. The van der Waals surface area contributed by atoms with E-state index in [1.807, 2.05) is 38.1 Å². The Hall–Kier alpha value is -3.22. The molecule has 0 fully saturated rings. The minimum absolute atomic E-state index is 0.202. The number of nitrogens with two attached hydrogens (primary N) is 2. The summed E-state index contributed by atoms with van der Waals surface area (Å²) in [5.74, 6) is 2.81. The lowest BCUT2D eigenvalue weighted by Gasteiger charge is -2.10. The van der Waals surface area contributed by atoms with Gasteiger partial charge in [-0.3, -0.25) is 0 Å². The first-order valence-corrected chi connectivity index (χ1v) is 9.62. The summed E-state index contributed by atoms with van der Waals surface area (Å²) in [6.07, 6.45) is 3.43. The minimum atomic E-state index is -0.202. The molecule has 0 aliphatic heterocycles. The van der Waals surface area contributed by atoms with Crippen molar-refractivity contribution in [2.75, 3.05) is 0 Å². The highest BCUT2D eigenvalue weighted by molar-refractivity contribution is 5.70. The average molecular weight is 388 g/mol. The zero-order valence-electron chi connectivity index (χ0n) is 16.5. The third kappa shape index (κ3) is 3.99. The molecule has 6 nitrogen and oxygen atoms in total. The second-order valence-corrected chi connectivity index (χ2v) is 7.31. The van der Waals surface area contributed by atoms with Crippen molar-refractivity contribution < 1.29 is 8.83 Å². The van der Waals surface area contributed by atoms with Gasteiger partial charge in [-0.1, -0.05) is 62.4 Å². The second-order valence-electron chi connectivity index (χ2n) is 7.31. The Bertz CT molecular complexity index is 1080. The van der Waals surface area contributed by atoms with Crippen molar-refractivity contribution in [1.82, 2.24) is 9.97 Å². The van der Waals surface area contributed by atoms with Crippen molar-refractivity contribution >= 4 is 0 Å². The van der Waals surface area contributed by atoms with E-state index < -0.39 is 0 Å². The molecule has 0 bridgehead atoms. The summed E-state index contributed by atoms with van der Waals surface area (Å²) in [5, 5.41) is 0. The van der Waals surface area contributed by atoms with Crippen molar-refractivity contribution in [2.45, 2.75) is 26.4 Å². The van der Waals surface area contributed by atoms with Gasteiger partial charge >= 0.3 is 0 Å². The molecule has 29 heavy (non-hydrogen) atoms. The zero-order valence-corrected chi connectivity index (χ0v) is 16.5.